The number of nitrogens with one attached hydrogen (secondary N) is 1. The van der Waals surface area contributed by atoms with Crippen LogP contribution in [-0.4, -0.2) is 16.6 Å². The average molecular weight is 325 g/mol. The van der Waals surface area contributed by atoms with Crippen LogP contribution in [0.1, 0.15) is 20.7 Å². The first-order chi connectivity index (χ1) is 12.2. The van der Waals surface area contributed by atoms with Crippen molar-refractivity contribution in [2.75, 3.05) is 0 Å². The lowest BCUT2D eigenvalue weighted by atomic mass is 9.95. The third-order valence-electron chi connectivity index (χ3n) is 4.26. The lowest BCUT2D eigenvalue weighted by Gasteiger charge is -2.06. The van der Waals surface area contributed by atoms with Gasteiger partial charge in [0.05, 0.1) is 0 Å². The first-order valence-electron chi connectivity index (χ1n) is 8.05. The molecule has 25 heavy (non-hydrogen) atoms. The molecule has 1 aliphatic carbocycles. The Morgan fingerprint density at radius 1 is 0.520 bits per heavy atom. The third kappa shape index (κ3) is 2.76. The molecular weight excluding hydrogens is 310 g/mol. The highest BCUT2D eigenvalue weighted by molar-refractivity contribution is 6.21. The molecule has 0 fully saturated rings. The summed E-state index contributed by atoms with van der Waals surface area (Å²) in [5, 5.41) is 2.61. The molecule has 0 saturated carbocycles. The number of benzene rings is 3. The summed E-state index contributed by atoms with van der Waals surface area (Å²) >= 11 is 0. The quantitative estimate of drug-likeness (QED) is 0.497. The number of allylic oxidation sites excluding steroid dienone is 2. The predicted molar refractivity (Wildman–Crippen MR) is 100 cm³/mol. The van der Waals surface area contributed by atoms with E-state index in [1.807, 2.05) is 0 Å². The molecule has 0 radical (unpaired) electrons. The topological polar surface area (TPSA) is 49.9 Å². The molecule has 0 saturated heterocycles. The van der Waals surface area contributed by atoms with Crippen LogP contribution in [0.5, 0.6) is 0 Å². The minimum atomic E-state index is -0.0924. The van der Waals surface area contributed by atoms with E-state index >= 15 is 0 Å². The normalized spacial score (nSPS) is 12.8. The summed E-state index contributed by atoms with van der Waals surface area (Å²) in [5.41, 5.74) is 3.43. The smallest absolute Gasteiger partial charge is 0.186 e. The van der Waals surface area contributed by atoms with Crippen LogP contribution in [0.2, 0.25) is 0 Å². The van der Waals surface area contributed by atoms with Gasteiger partial charge >= 0.3 is 0 Å². The molecule has 5 rings (SSSR count). The van der Waals surface area contributed by atoms with Crippen molar-refractivity contribution < 1.29 is 9.59 Å². The van der Waals surface area contributed by atoms with Gasteiger partial charge in [0, 0.05) is 32.9 Å². The molecule has 0 bridgehead atoms. The number of fused-ring (bicyclic) bond motifs is 4. The molecule has 0 unspecified atom stereocenters. The summed E-state index contributed by atoms with van der Waals surface area (Å²) in [5.74, 6) is -0.185. The fraction of sp³-hybridized carbons (Fsp3) is 0. The van der Waals surface area contributed by atoms with Crippen molar-refractivity contribution in [2.45, 2.75) is 0 Å². The van der Waals surface area contributed by atoms with E-state index in [1.165, 1.54) is 34.0 Å². The molecule has 1 aromatic heterocycles. The van der Waals surface area contributed by atoms with Crippen molar-refractivity contribution in [1.82, 2.24) is 4.98 Å². The Morgan fingerprint density at radius 3 is 1.40 bits per heavy atom. The van der Waals surface area contributed by atoms with Crippen LogP contribution in [-0.2, 0) is 0 Å². The van der Waals surface area contributed by atoms with E-state index in [-0.39, 0.29) is 11.6 Å². The number of rotatable bonds is 0. The van der Waals surface area contributed by atoms with Crippen molar-refractivity contribution in [2.24, 2.45) is 0 Å². The zero-order valence-electron chi connectivity index (χ0n) is 13.4. The molecule has 0 atom stereocenters. The van der Waals surface area contributed by atoms with E-state index in [9.17, 15) is 9.59 Å². The standard InChI is InChI=1S/C12H9N.C10H6O2/c1-3-7-11-9(5-1)10-6-2-4-8-12(10)13-11;11-9-5-6-10(12)8-4-2-1-3-7(8)9/h1-8,13H;1-6H. The van der Waals surface area contributed by atoms with Crippen LogP contribution in [0.3, 0.4) is 0 Å². The maximum atomic E-state index is 11.2. The highest BCUT2D eigenvalue weighted by Crippen LogP contribution is 2.24. The van der Waals surface area contributed by atoms with Gasteiger partial charge in [0.1, 0.15) is 0 Å². The van der Waals surface area contributed by atoms with Gasteiger partial charge < -0.3 is 4.98 Å². The van der Waals surface area contributed by atoms with Gasteiger partial charge in [0.2, 0.25) is 0 Å². The molecule has 3 heteroatoms. The minimum Gasteiger partial charge on any atom is -0.355 e. The van der Waals surface area contributed by atoms with E-state index in [0.717, 1.165) is 0 Å². The van der Waals surface area contributed by atoms with Crippen LogP contribution in [0, 0.1) is 0 Å². The second-order valence-corrected chi connectivity index (χ2v) is 5.82. The number of H-pyrrole nitrogens is 1. The predicted octanol–water partition coefficient (Wildman–Crippen LogP) is 4.94. The summed E-state index contributed by atoms with van der Waals surface area (Å²) in [6.45, 7) is 0. The van der Waals surface area contributed by atoms with E-state index in [2.05, 4.69) is 53.5 Å². The van der Waals surface area contributed by atoms with Crippen molar-refractivity contribution in [3.05, 3.63) is 96.1 Å². The fourth-order valence-electron chi connectivity index (χ4n) is 3.04. The van der Waals surface area contributed by atoms with Crippen molar-refractivity contribution in [3.8, 4) is 0 Å². The molecule has 0 aliphatic heterocycles. The van der Waals surface area contributed by atoms with Gasteiger partial charge in [-0.25, -0.2) is 0 Å². The Hall–Kier alpha value is -3.46. The Balaban J connectivity index is 0.000000126. The maximum Gasteiger partial charge on any atom is 0.186 e. The van der Waals surface area contributed by atoms with Crippen LogP contribution in [0.4, 0.5) is 0 Å². The molecule has 3 nitrogen and oxygen atoms in total. The van der Waals surface area contributed by atoms with Crippen molar-refractivity contribution >= 4 is 33.4 Å². The van der Waals surface area contributed by atoms with Gasteiger partial charge in [-0.05, 0) is 24.3 Å². The van der Waals surface area contributed by atoms with Gasteiger partial charge in [-0.1, -0.05) is 60.7 Å². The molecule has 120 valence electrons. The van der Waals surface area contributed by atoms with Gasteiger partial charge in [-0.15, -0.1) is 0 Å². The Labute approximate surface area is 144 Å². The van der Waals surface area contributed by atoms with Crippen LogP contribution in [0.15, 0.2) is 84.9 Å². The summed E-state index contributed by atoms with van der Waals surface area (Å²) < 4.78 is 0. The van der Waals surface area contributed by atoms with Crippen molar-refractivity contribution in [1.29, 1.82) is 0 Å². The molecule has 3 aromatic carbocycles. The number of hydrogen-bond acceptors (Lipinski definition) is 2. The highest BCUT2D eigenvalue weighted by atomic mass is 16.1. The molecule has 1 aliphatic rings. The lowest BCUT2D eigenvalue weighted by Crippen LogP contribution is -2.10. The Morgan fingerprint density at radius 2 is 0.920 bits per heavy atom. The minimum absolute atomic E-state index is 0.0924. The van der Waals surface area contributed by atoms with Gasteiger partial charge in [-0.2, -0.15) is 0 Å². The number of aromatic nitrogens is 1. The third-order valence-corrected chi connectivity index (χ3v) is 4.26. The highest BCUT2D eigenvalue weighted by Gasteiger charge is 2.16. The SMILES string of the molecule is O=C1C=CC(=O)c2ccccc21.c1ccc2c(c1)[nH]c1ccccc12. The monoisotopic (exact) mass is 325 g/mol. The van der Waals surface area contributed by atoms with E-state index in [0.29, 0.717) is 11.1 Å². The zero-order valence-corrected chi connectivity index (χ0v) is 13.4. The molecule has 4 aromatic rings. The van der Waals surface area contributed by atoms with Gasteiger partial charge in [-0.3, -0.25) is 9.59 Å². The molecule has 1 N–H and O–H groups in total. The zero-order chi connectivity index (χ0) is 17.2. The second-order valence-electron chi connectivity index (χ2n) is 5.82. The fourth-order valence-corrected chi connectivity index (χ4v) is 3.04. The number of ketones is 2. The maximum absolute atomic E-state index is 11.2. The first-order valence-corrected chi connectivity index (χ1v) is 8.05. The van der Waals surface area contributed by atoms with E-state index in [4.69, 9.17) is 0 Å². The molecule has 1 heterocycles. The number of para-hydroxylation sites is 2. The second kappa shape index (κ2) is 6.21. The summed E-state index contributed by atoms with van der Waals surface area (Å²) in [7, 11) is 0. The number of aromatic amines is 1. The number of carbonyl (C=O) groups excluding carboxylic acids is 2. The van der Waals surface area contributed by atoms with Crippen molar-refractivity contribution in [3.63, 3.8) is 0 Å². The number of hydrogen-bond donors (Lipinski definition) is 1. The Bertz CT molecular complexity index is 1050. The van der Waals surface area contributed by atoms with Crippen LogP contribution >= 0.6 is 0 Å². The van der Waals surface area contributed by atoms with Gasteiger partial charge in [0.25, 0.3) is 0 Å². The summed E-state index contributed by atoms with van der Waals surface area (Å²) in [6.07, 6.45) is 2.62. The van der Waals surface area contributed by atoms with Crippen LogP contribution in [0.25, 0.3) is 21.8 Å². The largest absolute Gasteiger partial charge is 0.355 e. The average Bonchev–Trinajstić information content (AvgIpc) is 3.04. The Kier molecular flexibility index (Phi) is 3.75. The molecule has 0 amide bonds. The van der Waals surface area contributed by atoms with Crippen LogP contribution < -0.4 is 0 Å². The van der Waals surface area contributed by atoms with Gasteiger partial charge in [0.15, 0.2) is 11.6 Å². The molecule has 0 spiro atoms. The molecular formula is C22H15NO2. The summed E-state index contributed by atoms with van der Waals surface area (Å²) in [4.78, 5) is 25.8. The first kappa shape index (κ1) is 15.1. The van der Waals surface area contributed by atoms with E-state index < -0.39 is 0 Å². The summed E-state index contributed by atoms with van der Waals surface area (Å²) in [6, 6.07) is 23.6. The lowest BCUT2D eigenvalue weighted by molar-refractivity contribution is 0.0994. The number of carbonyl (C=O) groups is 2. The van der Waals surface area contributed by atoms with E-state index in [1.54, 1.807) is 24.3 Å².